The quantitative estimate of drug-likeness (QED) is 0.266. The van der Waals surface area contributed by atoms with E-state index in [0.717, 1.165) is 0 Å². The summed E-state index contributed by atoms with van der Waals surface area (Å²) in [4.78, 5) is 16.7. The lowest BCUT2D eigenvalue weighted by molar-refractivity contribution is -0.722. The number of benzene rings is 2. The van der Waals surface area contributed by atoms with Gasteiger partial charge in [-0.3, -0.25) is 10.6 Å². The molecule has 7 heteroatoms. The van der Waals surface area contributed by atoms with Crippen LogP contribution in [0.25, 0.3) is 6.08 Å². The number of rotatable bonds is 6. The zero-order chi connectivity index (χ0) is 18.2. The molecule has 130 valence electrons. The first-order valence-electron chi connectivity index (χ1n) is 7.29. The Morgan fingerprint density at radius 2 is 1.84 bits per heavy atom. The van der Waals surface area contributed by atoms with E-state index >= 15 is 0 Å². The molecule has 0 heterocycles. The van der Waals surface area contributed by atoms with Gasteiger partial charge in [0.25, 0.3) is 0 Å². The van der Waals surface area contributed by atoms with Gasteiger partial charge >= 0.3 is 11.8 Å². The fourth-order valence-electron chi connectivity index (χ4n) is 1.97. The van der Waals surface area contributed by atoms with Crippen molar-refractivity contribution < 1.29 is 24.3 Å². The van der Waals surface area contributed by atoms with Crippen LogP contribution in [0.2, 0.25) is 5.02 Å². The minimum atomic E-state index is -0.622. The lowest BCUT2D eigenvalue weighted by Crippen LogP contribution is -2.75. The number of carbonyl (C=O) groups is 1. The summed E-state index contributed by atoms with van der Waals surface area (Å²) in [7, 11) is 3.06. The Labute approximate surface area is 150 Å². The van der Waals surface area contributed by atoms with Crippen molar-refractivity contribution in [2.24, 2.45) is 5.73 Å². The smallest absolute Gasteiger partial charge is 0.380 e. The number of nitrogen functional groups attached to an aromatic ring is 1. The van der Waals surface area contributed by atoms with Gasteiger partial charge in [-0.25, -0.2) is 4.79 Å². The number of nitrogens with two attached hydrogens (primary N) is 1. The van der Waals surface area contributed by atoms with Crippen LogP contribution in [0.5, 0.6) is 11.5 Å². The Balaban J connectivity index is 2.05. The molecule has 0 bridgehead atoms. The molecular formula is C18H18ClN2O4+. The number of ether oxygens (including phenoxy) is 2. The third-order valence-corrected chi connectivity index (χ3v) is 3.60. The summed E-state index contributed by atoms with van der Waals surface area (Å²) < 4.78 is 10.4. The summed E-state index contributed by atoms with van der Waals surface area (Å²) in [5, 5.41) is 2.94. The number of hydrogen-bond donors (Lipinski definition) is 2. The van der Waals surface area contributed by atoms with Crippen molar-refractivity contribution in [3.05, 3.63) is 64.7 Å². The van der Waals surface area contributed by atoms with Crippen molar-refractivity contribution in [1.82, 2.24) is 0 Å². The predicted molar refractivity (Wildman–Crippen MR) is 95.4 cm³/mol. The number of halogens is 1. The van der Waals surface area contributed by atoms with E-state index in [2.05, 4.69) is 5.16 Å². The van der Waals surface area contributed by atoms with Crippen LogP contribution in [0, 0.1) is 0 Å². The van der Waals surface area contributed by atoms with E-state index in [1.807, 2.05) is 6.07 Å². The molecular weight excluding hydrogens is 344 g/mol. The Kier molecular flexibility index (Phi) is 6.42. The Hall–Kier alpha value is -2.99. The first-order chi connectivity index (χ1) is 12.0. The van der Waals surface area contributed by atoms with Crippen molar-refractivity contribution in [3.8, 4) is 11.5 Å². The van der Waals surface area contributed by atoms with Crippen LogP contribution < -0.4 is 20.4 Å². The first kappa shape index (κ1) is 18.4. The maximum absolute atomic E-state index is 11.8. The molecule has 0 spiro atoms. The molecule has 0 radical (unpaired) electrons. The predicted octanol–water partition coefficient (Wildman–Crippen LogP) is 1.31. The van der Waals surface area contributed by atoms with E-state index < -0.39 is 5.97 Å². The number of methoxy groups -OCH3 is 2. The topological polar surface area (TPSA) is 84.8 Å². The van der Waals surface area contributed by atoms with Gasteiger partial charge in [0.1, 0.15) is 0 Å². The molecule has 2 rings (SSSR count). The van der Waals surface area contributed by atoms with Gasteiger partial charge in [-0.2, -0.15) is 0 Å². The molecule has 0 aliphatic carbocycles. The highest BCUT2D eigenvalue weighted by molar-refractivity contribution is 6.32. The van der Waals surface area contributed by atoms with Gasteiger partial charge in [0.05, 0.1) is 19.8 Å². The van der Waals surface area contributed by atoms with Crippen LogP contribution in [0.1, 0.15) is 11.1 Å². The largest absolute Gasteiger partial charge is 0.493 e. The van der Waals surface area contributed by atoms with E-state index in [4.69, 9.17) is 31.6 Å². The SMILES string of the molecule is COc1ccc(C(N)=[NH+]OC(=O)C=Cc2ccccc2Cl)cc1OC. The fraction of sp³-hybridized carbons (Fsp3) is 0.111. The van der Waals surface area contributed by atoms with Crippen LogP contribution >= 0.6 is 11.6 Å². The lowest BCUT2D eigenvalue weighted by atomic mass is 10.2. The maximum atomic E-state index is 11.8. The second kappa shape index (κ2) is 8.75. The van der Waals surface area contributed by atoms with E-state index in [1.165, 1.54) is 20.3 Å². The van der Waals surface area contributed by atoms with Gasteiger partial charge in [-0.05, 0) is 35.9 Å². The average molecular weight is 362 g/mol. The molecule has 6 nitrogen and oxygen atoms in total. The minimum Gasteiger partial charge on any atom is -0.493 e. The summed E-state index contributed by atoms with van der Waals surface area (Å²) in [6, 6.07) is 12.2. The number of carbonyl (C=O) groups excluding carboxylic acids is 1. The highest BCUT2D eigenvalue weighted by Crippen LogP contribution is 2.27. The van der Waals surface area contributed by atoms with Crippen molar-refractivity contribution in [2.75, 3.05) is 14.2 Å². The highest BCUT2D eigenvalue weighted by Gasteiger charge is 2.11. The molecule has 0 unspecified atom stereocenters. The summed E-state index contributed by atoms with van der Waals surface area (Å²) in [6.07, 6.45) is 2.80. The monoisotopic (exact) mass is 361 g/mol. The van der Waals surface area contributed by atoms with Crippen LogP contribution in [0.15, 0.2) is 48.5 Å². The molecule has 0 saturated carbocycles. The molecule has 0 saturated heterocycles. The second-order valence-electron chi connectivity index (χ2n) is 4.86. The van der Waals surface area contributed by atoms with Gasteiger partial charge in [0.15, 0.2) is 11.5 Å². The number of amidine groups is 1. The summed E-state index contributed by atoms with van der Waals surface area (Å²) in [5.41, 5.74) is 7.17. The van der Waals surface area contributed by atoms with E-state index in [9.17, 15) is 4.79 Å². The van der Waals surface area contributed by atoms with Crippen molar-refractivity contribution >= 4 is 29.5 Å². The normalized spacial score (nSPS) is 11.4. The van der Waals surface area contributed by atoms with Gasteiger partial charge < -0.3 is 9.47 Å². The Morgan fingerprint density at radius 1 is 1.12 bits per heavy atom. The van der Waals surface area contributed by atoms with Gasteiger partial charge in [0, 0.05) is 11.1 Å². The third kappa shape index (κ3) is 4.99. The second-order valence-corrected chi connectivity index (χ2v) is 5.27. The summed E-state index contributed by atoms with van der Waals surface area (Å²) in [6.45, 7) is 0. The molecule has 2 aromatic rings. The standard InChI is InChI=1S/C18H17ClN2O4/c1-23-15-9-7-13(11-16(15)24-2)18(20)21-25-17(22)10-8-12-5-3-4-6-14(12)19/h3-11H,1-2H3,(H2,20,21)/p+1. The molecule has 2 aromatic carbocycles. The zero-order valence-corrected chi connectivity index (χ0v) is 14.5. The lowest BCUT2D eigenvalue weighted by Gasteiger charge is -2.07. The summed E-state index contributed by atoms with van der Waals surface area (Å²) in [5.74, 6) is 0.609. The zero-order valence-electron chi connectivity index (χ0n) is 13.8. The number of nitrogens with one attached hydrogen (secondary N) is 1. The van der Waals surface area contributed by atoms with Crippen molar-refractivity contribution in [3.63, 3.8) is 0 Å². The average Bonchev–Trinajstić information content (AvgIpc) is 2.64. The molecule has 0 aromatic heterocycles. The highest BCUT2D eigenvalue weighted by atomic mass is 35.5. The molecule has 0 fully saturated rings. The third-order valence-electron chi connectivity index (χ3n) is 3.26. The minimum absolute atomic E-state index is 0.153. The van der Waals surface area contributed by atoms with Crippen molar-refractivity contribution in [2.45, 2.75) is 0 Å². The van der Waals surface area contributed by atoms with E-state index in [1.54, 1.807) is 42.5 Å². The molecule has 0 atom stereocenters. The van der Waals surface area contributed by atoms with Gasteiger partial charge in [-0.1, -0.05) is 35.0 Å². The van der Waals surface area contributed by atoms with E-state index in [-0.39, 0.29) is 5.84 Å². The van der Waals surface area contributed by atoms with Gasteiger partial charge in [-0.15, -0.1) is 0 Å². The van der Waals surface area contributed by atoms with Crippen molar-refractivity contribution in [1.29, 1.82) is 0 Å². The molecule has 3 N–H and O–H groups in total. The fourth-order valence-corrected chi connectivity index (χ4v) is 2.17. The maximum Gasteiger partial charge on any atom is 0.380 e. The van der Waals surface area contributed by atoms with Crippen LogP contribution in [0.3, 0.4) is 0 Å². The van der Waals surface area contributed by atoms with Gasteiger partial charge in [0.2, 0.25) is 0 Å². The van der Waals surface area contributed by atoms with E-state index in [0.29, 0.717) is 27.6 Å². The Morgan fingerprint density at radius 3 is 2.52 bits per heavy atom. The Bertz CT molecular complexity index is 818. The van der Waals surface area contributed by atoms with Crippen LogP contribution in [-0.2, 0) is 9.63 Å². The summed E-state index contributed by atoms with van der Waals surface area (Å²) >= 11 is 6.00. The first-order valence-corrected chi connectivity index (χ1v) is 7.67. The molecule has 25 heavy (non-hydrogen) atoms. The molecule has 0 aliphatic rings. The molecule has 0 amide bonds. The molecule has 0 aliphatic heterocycles. The number of hydrogen-bond acceptors (Lipinski definition) is 4. The van der Waals surface area contributed by atoms with Crippen LogP contribution in [-0.4, -0.2) is 26.0 Å². The van der Waals surface area contributed by atoms with Crippen LogP contribution in [0.4, 0.5) is 0 Å².